The Bertz CT molecular complexity index is 117. The maximum absolute atomic E-state index is 9.42. The predicted molar refractivity (Wildman–Crippen MR) is 30.8 cm³/mol. The van der Waals surface area contributed by atoms with Gasteiger partial charge in [0.15, 0.2) is 0 Å². The summed E-state index contributed by atoms with van der Waals surface area (Å²) in [7, 11) is -3.90. The molecule has 0 heterocycles. The van der Waals surface area contributed by atoms with Crippen molar-refractivity contribution in [2.75, 3.05) is 5.21 Å². The van der Waals surface area contributed by atoms with Crippen molar-refractivity contribution in [2.24, 2.45) is 0 Å². The van der Waals surface area contributed by atoms with E-state index in [1.54, 1.807) is 0 Å². The van der Waals surface area contributed by atoms with E-state index in [0.29, 0.717) is 0 Å². The molecule has 0 saturated carbocycles. The van der Waals surface area contributed by atoms with E-state index in [2.05, 4.69) is 11.6 Å². The SMILES string of the molecule is O=S(=O)(O)CCl.[CaH2]. The first-order valence-corrected chi connectivity index (χ1v) is 3.22. The number of alkyl halides is 1. The average Bonchev–Trinajstić information content (AvgIpc) is 1.35. The van der Waals surface area contributed by atoms with Crippen molar-refractivity contribution in [1.29, 1.82) is 0 Å². The summed E-state index contributed by atoms with van der Waals surface area (Å²) in [5.74, 6) is 0. The van der Waals surface area contributed by atoms with E-state index in [4.69, 9.17) is 4.55 Å². The molecule has 0 aromatic rings. The topological polar surface area (TPSA) is 54.4 Å². The number of rotatable bonds is 1. The molecule has 0 amide bonds. The number of halogens is 1. The third kappa shape index (κ3) is 11.2. The van der Waals surface area contributed by atoms with Crippen LogP contribution in [-0.4, -0.2) is 55.9 Å². The Morgan fingerprint density at radius 2 is 1.71 bits per heavy atom. The zero-order chi connectivity index (χ0) is 5.21. The third-order valence-electron chi connectivity index (χ3n) is 0.138. The molecule has 0 aliphatic carbocycles. The van der Waals surface area contributed by atoms with Crippen LogP contribution in [0.2, 0.25) is 0 Å². The van der Waals surface area contributed by atoms with Gasteiger partial charge in [0.05, 0.1) is 0 Å². The second kappa shape index (κ2) is 4.35. The summed E-state index contributed by atoms with van der Waals surface area (Å²) >= 11 is 4.64. The fourth-order valence-electron chi connectivity index (χ4n) is 0. The quantitative estimate of drug-likeness (QED) is 0.319. The first-order chi connectivity index (χ1) is 2.56. The van der Waals surface area contributed by atoms with E-state index < -0.39 is 15.3 Å². The average molecular weight is 173 g/mol. The molecule has 0 aliphatic heterocycles. The minimum absolute atomic E-state index is 0. The molecule has 0 spiro atoms. The van der Waals surface area contributed by atoms with Gasteiger partial charge in [0.25, 0.3) is 10.1 Å². The molecule has 0 radical (unpaired) electrons. The molecular formula is CH5CaClO3S. The van der Waals surface area contributed by atoms with E-state index in [9.17, 15) is 8.42 Å². The Hall–Kier alpha value is 1.46. The van der Waals surface area contributed by atoms with Crippen molar-refractivity contribution >= 4 is 59.5 Å². The van der Waals surface area contributed by atoms with Crippen LogP contribution < -0.4 is 0 Å². The Morgan fingerprint density at radius 1 is 1.57 bits per heavy atom. The molecule has 1 N–H and O–H groups in total. The fourth-order valence-corrected chi connectivity index (χ4v) is 0. The summed E-state index contributed by atoms with van der Waals surface area (Å²) in [4.78, 5) is 0. The second-order valence-electron chi connectivity index (χ2n) is 0.691. The molecule has 3 nitrogen and oxygen atoms in total. The molecule has 0 fully saturated rings. The van der Waals surface area contributed by atoms with E-state index in [-0.39, 0.29) is 37.7 Å². The normalized spacial score (nSPS) is 10.0. The molecule has 0 aromatic carbocycles. The zero-order valence-corrected chi connectivity index (χ0v) is 4.33. The molecule has 0 saturated heterocycles. The van der Waals surface area contributed by atoms with Crippen molar-refractivity contribution in [2.45, 2.75) is 0 Å². The van der Waals surface area contributed by atoms with Crippen molar-refractivity contribution < 1.29 is 13.0 Å². The maximum atomic E-state index is 9.42. The van der Waals surface area contributed by atoms with Gasteiger partial charge >= 0.3 is 37.7 Å². The van der Waals surface area contributed by atoms with Gasteiger partial charge in [-0.3, -0.25) is 4.55 Å². The van der Waals surface area contributed by atoms with Crippen molar-refractivity contribution in [1.82, 2.24) is 0 Å². The van der Waals surface area contributed by atoms with Crippen molar-refractivity contribution in [3.63, 3.8) is 0 Å². The standard InChI is InChI=1S/CH3ClO3S.Ca.2H/c2-1-6(3,4)5;;;/h1H2,(H,3,4,5);;;. The van der Waals surface area contributed by atoms with Gasteiger partial charge in [-0.2, -0.15) is 8.42 Å². The van der Waals surface area contributed by atoms with Crippen LogP contribution in [0.15, 0.2) is 0 Å². The van der Waals surface area contributed by atoms with Crippen LogP contribution in [0.3, 0.4) is 0 Å². The van der Waals surface area contributed by atoms with Crippen LogP contribution in [-0.2, 0) is 10.1 Å². The van der Waals surface area contributed by atoms with Crippen LogP contribution in [0.25, 0.3) is 0 Å². The Labute approximate surface area is 76.8 Å². The first-order valence-electron chi connectivity index (χ1n) is 1.07. The van der Waals surface area contributed by atoms with Gasteiger partial charge in [0, 0.05) is 0 Å². The van der Waals surface area contributed by atoms with Gasteiger partial charge in [-0.15, -0.1) is 11.6 Å². The summed E-state index contributed by atoms with van der Waals surface area (Å²) in [5.41, 5.74) is 0. The van der Waals surface area contributed by atoms with E-state index in [0.717, 1.165) is 0 Å². The molecule has 0 aliphatic rings. The Kier molecular flexibility index (Phi) is 7.01. The Morgan fingerprint density at radius 3 is 1.71 bits per heavy atom. The van der Waals surface area contributed by atoms with E-state index in [1.165, 1.54) is 0 Å². The molecular weight excluding hydrogens is 168 g/mol. The van der Waals surface area contributed by atoms with Gasteiger partial charge in [0.2, 0.25) is 0 Å². The molecule has 6 heteroatoms. The van der Waals surface area contributed by atoms with Crippen LogP contribution in [0, 0.1) is 0 Å². The molecule has 0 bridgehead atoms. The van der Waals surface area contributed by atoms with Gasteiger partial charge in [-0.05, 0) is 0 Å². The van der Waals surface area contributed by atoms with E-state index >= 15 is 0 Å². The Balaban J connectivity index is 0. The van der Waals surface area contributed by atoms with Gasteiger partial charge < -0.3 is 0 Å². The van der Waals surface area contributed by atoms with Crippen molar-refractivity contribution in [3.05, 3.63) is 0 Å². The van der Waals surface area contributed by atoms with Gasteiger partial charge in [-0.1, -0.05) is 0 Å². The van der Waals surface area contributed by atoms with Crippen molar-refractivity contribution in [3.8, 4) is 0 Å². The van der Waals surface area contributed by atoms with Gasteiger partial charge in [0.1, 0.15) is 5.21 Å². The second-order valence-corrected chi connectivity index (χ2v) is 2.73. The minimum atomic E-state index is -3.90. The molecule has 0 unspecified atom stereocenters. The number of hydrogen-bond acceptors (Lipinski definition) is 2. The van der Waals surface area contributed by atoms with Crippen LogP contribution in [0.4, 0.5) is 0 Å². The predicted octanol–water partition coefficient (Wildman–Crippen LogP) is -0.846. The zero-order valence-electron chi connectivity index (χ0n) is 2.76. The van der Waals surface area contributed by atoms with Crippen LogP contribution in [0.1, 0.15) is 0 Å². The van der Waals surface area contributed by atoms with Gasteiger partial charge in [-0.25, -0.2) is 0 Å². The van der Waals surface area contributed by atoms with Crippen LogP contribution in [0.5, 0.6) is 0 Å². The molecule has 42 valence electrons. The summed E-state index contributed by atoms with van der Waals surface area (Å²) < 4.78 is 26.5. The summed E-state index contributed by atoms with van der Waals surface area (Å²) in [6.45, 7) is 0. The summed E-state index contributed by atoms with van der Waals surface area (Å²) in [6, 6.07) is 0. The fraction of sp³-hybridized carbons (Fsp3) is 1.00. The van der Waals surface area contributed by atoms with E-state index in [1.807, 2.05) is 0 Å². The molecule has 0 aromatic heterocycles. The molecule has 7 heavy (non-hydrogen) atoms. The summed E-state index contributed by atoms with van der Waals surface area (Å²) in [6.07, 6.45) is 0. The third-order valence-corrected chi connectivity index (χ3v) is 1.24. The molecule has 0 rings (SSSR count). The first kappa shape index (κ1) is 11.3. The monoisotopic (exact) mass is 172 g/mol. The summed E-state index contributed by atoms with van der Waals surface area (Å²) in [5, 5.41) is -0.729. The molecule has 0 atom stereocenters. The number of hydrogen-bond donors (Lipinski definition) is 1. The van der Waals surface area contributed by atoms with Crippen LogP contribution >= 0.6 is 11.6 Å².